The van der Waals surface area contributed by atoms with Crippen molar-refractivity contribution in [2.24, 2.45) is 10.7 Å². The van der Waals surface area contributed by atoms with Crippen molar-refractivity contribution in [2.45, 2.75) is 37.4 Å². The maximum Gasteiger partial charge on any atom is 0.274 e. The van der Waals surface area contributed by atoms with Crippen LogP contribution in [-0.2, 0) is 12.0 Å². The molecule has 1 aliphatic heterocycles. The third-order valence-corrected chi connectivity index (χ3v) is 5.71. The minimum atomic E-state index is -2.19. The van der Waals surface area contributed by atoms with Gasteiger partial charge in [-0.3, -0.25) is 9.79 Å². The Bertz CT molecular complexity index is 1090. The number of alkyl halides is 2. The van der Waals surface area contributed by atoms with Crippen molar-refractivity contribution in [3.8, 4) is 6.07 Å². The summed E-state index contributed by atoms with van der Waals surface area (Å²) in [6.07, 6.45) is 2.29. The molecule has 148 valence electrons. The number of hydrogen-bond donors (Lipinski definition) is 2. The number of nitrogens with one attached hydrogen (secondary N) is 1. The van der Waals surface area contributed by atoms with Crippen LogP contribution in [0.4, 0.5) is 14.5 Å². The summed E-state index contributed by atoms with van der Waals surface area (Å²) in [7, 11) is 0. The van der Waals surface area contributed by atoms with E-state index in [1.165, 1.54) is 6.20 Å². The highest BCUT2D eigenvalue weighted by Crippen LogP contribution is 2.50. The molecule has 2 atom stereocenters. The fourth-order valence-electron chi connectivity index (χ4n) is 3.99. The summed E-state index contributed by atoms with van der Waals surface area (Å²) in [5.74, 6) is -0.698. The molecule has 0 bridgehead atoms. The molecule has 2 heterocycles. The van der Waals surface area contributed by atoms with Crippen LogP contribution < -0.4 is 11.1 Å². The number of aliphatic imine (C=N–C) groups is 1. The van der Waals surface area contributed by atoms with Crippen LogP contribution in [0, 0.1) is 18.3 Å². The highest BCUT2D eigenvalue weighted by molar-refractivity contribution is 6.04. The second-order valence-electron chi connectivity index (χ2n) is 7.63. The van der Waals surface area contributed by atoms with Crippen molar-refractivity contribution in [3.05, 3.63) is 58.4 Å². The largest absolute Gasteiger partial charge is 0.385 e. The predicted molar refractivity (Wildman–Crippen MR) is 104 cm³/mol. The first-order valence-corrected chi connectivity index (χ1v) is 9.22. The molecular formula is C21H19F2N5O. The summed E-state index contributed by atoms with van der Waals surface area (Å²) in [4.78, 5) is 21.0. The molecule has 6 nitrogen and oxygen atoms in total. The maximum absolute atomic E-state index is 14.4. The SMILES string of the molecule is Cc1cc(C#N)cnc1C(=O)Nc1ccc2c(c1)[C@@]1(CC[C@@](F)(CF)C(N)=N1)C2. The van der Waals surface area contributed by atoms with Crippen LogP contribution in [0.15, 0.2) is 35.5 Å². The van der Waals surface area contributed by atoms with Crippen molar-refractivity contribution in [1.82, 2.24) is 4.98 Å². The molecule has 0 unspecified atom stereocenters. The highest BCUT2D eigenvalue weighted by Gasteiger charge is 2.50. The van der Waals surface area contributed by atoms with Gasteiger partial charge in [0.2, 0.25) is 0 Å². The standard InChI is InChI=1S/C21H19F2N5O/c1-12-6-13(9-24)10-26-17(12)18(29)27-15-3-2-14-8-21(16(14)7-15)5-4-20(23,11-22)19(25)28-21/h2-3,6-7,10H,4-5,8,11H2,1H3,(H2,25,28)(H,27,29)/t20-,21-/m1/s1. The average molecular weight is 395 g/mol. The van der Waals surface area contributed by atoms with Gasteiger partial charge >= 0.3 is 0 Å². The van der Waals surface area contributed by atoms with E-state index in [2.05, 4.69) is 15.3 Å². The van der Waals surface area contributed by atoms with Gasteiger partial charge in [0, 0.05) is 18.3 Å². The topological polar surface area (TPSA) is 104 Å². The van der Waals surface area contributed by atoms with Crippen molar-refractivity contribution < 1.29 is 13.6 Å². The molecule has 1 spiro atoms. The Morgan fingerprint density at radius 1 is 1.38 bits per heavy atom. The van der Waals surface area contributed by atoms with E-state index in [0.717, 1.165) is 11.1 Å². The van der Waals surface area contributed by atoms with Gasteiger partial charge in [0.05, 0.1) is 11.1 Å². The predicted octanol–water partition coefficient (Wildman–Crippen LogP) is 3.09. The van der Waals surface area contributed by atoms with E-state index in [1.54, 1.807) is 25.1 Å². The van der Waals surface area contributed by atoms with Gasteiger partial charge in [-0.15, -0.1) is 0 Å². The van der Waals surface area contributed by atoms with Crippen molar-refractivity contribution in [2.75, 3.05) is 12.0 Å². The van der Waals surface area contributed by atoms with Crippen LogP contribution in [0.2, 0.25) is 0 Å². The maximum atomic E-state index is 14.4. The molecule has 0 fully saturated rings. The summed E-state index contributed by atoms with van der Waals surface area (Å²) in [6, 6.07) is 9.04. The van der Waals surface area contributed by atoms with Gasteiger partial charge in [0.1, 0.15) is 24.3 Å². The normalized spacial score (nSPS) is 24.8. The van der Waals surface area contributed by atoms with Crippen LogP contribution in [-0.4, -0.2) is 29.1 Å². The van der Waals surface area contributed by atoms with Crippen LogP contribution in [0.3, 0.4) is 0 Å². The lowest BCUT2D eigenvalue weighted by Gasteiger charge is -2.46. The zero-order valence-electron chi connectivity index (χ0n) is 15.8. The number of nitrogens with two attached hydrogens (primary N) is 1. The Morgan fingerprint density at radius 2 is 2.17 bits per heavy atom. The van der Waals surface area contributed by atoms with Gasteiger partial charge in [-0.2, -0.15) is 5.26 Å². The third-order valence-electron chi connectivity index (χ3n) is 5.71. The molecule has 1 aromatic carbocycles. The molecule has 2 aromatic rings. The summed E-state index contributed by atoms with van der Waals surface area (Å²) in [5.41, 5.74) is 6.55. The van der Waals surface area contributed by atoms with Crippen LogP contribution in [0.5, 0.6) is 0 Å². The fraction of sp³-hybridized carbons (Fsp3) is 0.333. The van der Waals surface area contributed by atoms with Gasteiger partial charge in [-0.25, -0.2) is 13.8 Å². The number of amidine groups is 1. The van der Waals surface area contributed by atoms with Gasteiger partial charge < -0.3 is 11.1 Å². The lowest BCUT2D eigenvalue weighted by atomic mass is 9.66. The Balaban J connectivity index is 1.59. The quantitative estimate of drug-likeness (QED) is 0.833. The van der Waals surface area contributed by atoms with Gasteiger partial charge in [-0.1, -0.05) is 6.07 Å². The zero-order valence-corrected chi connectivity index (χ0v) is 15.8. The molecule has 2 aliphatic rings. The Morgan fingerprint density at radius 3 is 2.83 bits per heavy atom. The Hall–Kier alpha value is -3.34. The first-order valence-electron chi connectivity index (χ1n) is 9.22. The molecule has 3 N–H and O–H groups in total. The van der Waals surface area contributed by atoms with E-state index in [-0.39, 0.29) is 18.0 Å². The number of fused-ring (bicyclic) bond motifs is 2. The lowest BCUT2D eigenvalue weighted by Crippen LogP contribution is -2.52. The molecule has 1 amide bonds. The summed E-state index contributed by atoms with van der Waals surface area (Å²) < 4.78 is 27.4. The number of amides is 1. The molecule has 1 aliphatic carbocycles. The Kier molecular flexibility index (Phi) is 4.34. The number of anilines is 1. The van der Waals surface area contributed by atoms with Crippen molar-refractivity contribution in [3.63, 3.8) is 0 Å². The summed E-state index contributed by atoms with van der Waals surface area (Å²) >= 11 is 0. The van der Waals surface area contributed by atoms with Gasteiger partial charge in [0.25, 0.3) is 5.91 Å². The van der Waals surface area contributed by atoms with E-state index in [4.69, 9.17) is 11.0 Å². The molecular weight excluding hydrogens is 376 g/mol. The molecule has 0 saturated carbocycles. The molecule has 1 aromatic heterocycles. The summed E-state index contributed by atoms with van der Waals surface area (Å²) in [6.45, 7) is 0.529. The van der Waals surface area contributed by atoms with E-state index < -0.39 is 23.8 Å². The number of aryl methyl sites for hydroxylation is 1. The lowest BCUT2D eigenvalue weighted by molar-refractivity contribution is 0.102. The first-order chi connectivity index (χ1) is 13.8. The average Bonchev–Trinajstić information content (AvgIpc) is 2.70. The van der Waals surface area contributed by atoms with Crippen LogP contribution in [0.1, 0.15) is 45.6 Å². The number of nitriles is 1. The van der Waals surface area contributed by atoms with Crippen molar-refractivity contribution in [1.29, 1.82) is 5.26 Å². The number of carbonyl (C=O) groups is 1. The van der Waals surface area contributed by atoms with Crippen molar-refractivity contribution >= 4 is 17.4 Å². The minimum absolute atomic E-state index is 0.0246. The van der Waals surface area contributed by atoms with Crippen LogP contribution >= 0.6 is 0 Å². The fourth-order valence-corrected chi connectivity index (χ4v) is 3.99. The first kappa shape index (κ1) is 19.0. The minimum Gasteiger partial charge on any atom is -0.385 e. The smallest absolute Gasteiger partial charge is 0.274 e. The number of aromatic nitrogens is 1. The monoisotopic (exact) mass is 395 g/mol. The number of carbonyl (C=O) groups excluding carboxylic acids is 1. The molecule has 0 radical (unpaired) electrons. The Labute approximate surface area is 166 Å². The van der Waals surface area contributed by atoms with E-state index in [9.17, 15) is 13.6 Å². The molecule has 0 saturated heterocycles. The molecule has 8 heteroatoms. The number of halogens is 2. The van der Waals surface area contributed by atoms with Crippen LogP contribution in [0.25, 0.3) is 0 Å². The highest BCUT2D eigenvalue weighted by atomic mass is 19.2. The van der Waals surface area contributed by atoms with E-state index >= 15 is 0 Å². The zero-order chi connectivity index (χ0) is 20.8. The summed E-state index contributed by atoms with van der Waals surface area (Å²) in [5, 5.41) is 11.7. The van der Waals surface area contributed by atoms with Gasteiger partial charge in [-0.05, 0) is 54.7 Å². The number of nitrogens with zero attached hydrogens (tertiary/aromatic N) is 3. The number of benzene rings is 1. The van der Waals surface area contributed by atoms with Gasteiger partial charge in [0.15, 0.2) is 5.67 Å². The second-order valence-corrected chi connectivity index (χ2v) is 7.63. The number of rotatable bonds is 3. The van der Waals surface area contributed by atoms with E-state index in [1.807, 2.05) is 12.1 Å². The number of pyridine rings is 1. The second kappa shape index (κ2) is 6.62. The van der Waals surface area contributed by atoms with E-state index in [0.29, 0.717) is 29.7 Å². The third kappa shape index (κ3) is 3.03. The molecule has 4 rings (SSSR count). The number of hydrogen-bond acceptors (Lipinski definition) is 5. The molecule has 29 heavy (non-hydrogen) atoms.